The smallest absolute Gasteiger partial charge is 0.395 e. The molecule has 0 aliphatic carbocycles. The van der Waals surface area contributed by atoms with Crippen molar-refractivity contribution >= 4 is 29.9 Å². The Morgan fingerprint density at radius 2 is 1.81 bits per heavy atom. The van der Waals surface area contributed by atoms with Gasteiger partial charge in [0.2, 0.25) is 0 Å². The molecule has 1 aliphatic rings. The second-order valence-electron chi connectivity index (χ2n) is 4.60. The van der Waals surface area contributed by atoms with Crippen molar-refractivity contribution < 1.29 is 18.3 Å². The number of halogens is 4. The van der Waals surface area contributed by atoms with Gasteiger partial charge in [0.25, 0.3) is 0 Å². The van der Waals surface area contributed by atoms with Crippen LogP contribution in [0, 0.1) is 0 Å². The van der Waals surface area contributed by atoms with E-state index >= 15 is 0 Å². The van der Waals surface area contributed by atoms with Crippen LogP contribution in [-0.2, 0) is 0 Å². The Bertz CT molecular complexity index is 440. The minimum absolute atomic E-state index is 0. The zero-order chi connectivity index (χ0) is 14.6. The first-order valence-electron chi connectivity index (χ1n) is 6.42. The van der Waals surface area contributed by atoms with Crippen LogP contribution in [0.15, 0.2) is 29.2 Å². The number of thioether (sulfide) groups is 1. The van der Waals surface area contributed by atoms with Crippen molar-refractivity contribution in [3.8, 4) is 0 Å². The molecule has 0 amide bonds. The number of piperazine rings is 1. The van der Waals surface area contributed by atoms with Gasteiger partial charge >= 0.3 is 5.51 Å². The van der Waals surface area contributed by atoms with Crippen LogP contribution in [0.3, 0.4) is 0 Å². The summed E-state index contributed by atoms with van der Waals surface area (Å²) in [7, 11) is 0. The first-order chi connectivity index (χ1) is 9.48. The first kappa shape index (κ1) is 18.4. The largest absolute Gasteiger partial charge is 0.446 e. The number of hydrogen-bond acceptors (Lipinski definition) is 4. The summed E-state index contributed by atoms with van der Waals surface area (Å²) >= 11 is -0.0826. The van der Waals surface area contributed by atoms with E-state index in [2.05, 4.69) is 9.80 Å². The molecule has 1 saturated heterocycles. The minimum Gasteiger partial charge on any atom is -0.395 e. The number of alkyl halides is 3. The van der Waals surface area contributed by atoms with Crippen LogP contribution >= 0.6 is 24.2 Å². The van der Waals surface area contributed by atoms with E-state index < -0.39 is 5.51 Å². The highest BCUT2D eigenvalue weighted by atomic mass is 35.5. The highest BCUT2D eigenvalue weighted by Crippen LogP contribution is 2.38. The van der Waals surface area contributed by atoms with Crippen molar-refractivity contribution in [1.29, 1.82) is 0 Å². The van der Waals surface area contributed by atoms with Crippen molar-refractivity contribution in [2.24, 2.45) is 0 Å². The third-order valence-electron chi connectivity index (χ3n) is 3.20. The third kappa shape index (κ3) is 5.94. The predicted octanol–water partition coefficient (Wildman–Crippen LogP) is 2.83. The maximum absolute atomic E-state index is 12.4. The summed E-state index contributed by atoms with van der Waals surface area (Å²) in [5.41, 5.74) is -3.43. The zero-order valence-corrected chi connectivity index (χ0v) is 13.0. The van der Waals surface area contributed by atoms with E-state index in [1.807, 2.05) is 6.07 Å². The molecule has 1 aliphatic heterocycles. The average molecular weight is 343 g/mol. The summed E-state index contributed by atoms with van der Waals surface area (Å²) in [6.07, 6.45) is 0. The lowest BCUT2D eigenvalue weighted by molar-refractivity contribution is -0.0328. The Balaban J connectivity index is 0.00000220. The summed E-state index contributed by atoms with van der Waals surface area (Å²) in [4.78, 5) is 4.44. The van der Waals surface area contributed by atoms with E-state index in [1.165, 1.54) is 6.07 Å². The molecule has 0 unspecified atom stereocenters. The molecule has 1 fully saturated rings. The van der Waals surface area contributed by atoms with Gasteiger partial charge in [-0.15, -0.1) is 12.4 Å². The molecule has 0 atom stereocenters. The number of anilines is 1. The number of hydrogen-bond donors (Lipinski definition) is 1. The van der Waals surface area contributed by atoms with Crippen LogP contribution in [0.1, 0.15) is 0 Å². The topological polar surface area (TPSA) is 26.7 Å². The van der Waals surface area contributed by atoms with Crippen molar-refractivity contribution in [2.75, 3.05) is 44.2 Å². The lowest BCUT2D eigenvalue weighted by Crippen LogP contribution is -2.47. The van der Waals surface area contributed by atoms with Gasteiger partial charge < -0.3 is 10.0 Å². The van der Waals surface area contributed by atoms with E-state index in [0.717, 1.165) is 31.9 Å². The fraction of sp³-hybridized carbons (Fsp3) is 0.538. The number of benzene rings is 1. The third-order valence-corrected chi connectivity index (χ3v) is 3.93. The van der Waals surface area contributed by atoms with Gasteiger partial charge in [0.1, 0.15) is 0 Å². The fourth-order valence-corrected chi connectivity index (χ4v) is 2.84. The van der Waals surface area contributed by atoms with Gasteiger partial charge in [-0.2, -0.15) is 13.2 Å². The van der Waals surface area contributed by atoms with Gasteiger partial charge in [-0.05, 0) is 30.0 Å². The lowest BCUT2D eigenvalue weighted by Gasteiger charge is -2.35. The van der Waals surface area contributed by atoms with Crippen LogP contribution in [0.5, 0.6) is 0 Å². The van der Waals surface area contributed by atoms with E-state index in [9.17, 15) is 13.2 Å². The molecule has 2 rings (SSSR count). The van der Waals surface area contributed by atoms with Crippen molar-refractivity contribution in [2.45, 2.75) is 10.4 Å². The highest BCUT2D eigenvalue weighted by molar-refractivity contribution is 8.00. The monoisotopic (exact) mass is 342 g/mol. The Morgan fingerprint density at radius 1 is 1.14 bits per heavy atom. The van der Waals surface area contributed by atoms with Crippen LogP contribution in [0.2, 0.25) is 0 Å². The van der Waals surface area contributed by atoms with Gasteiger partial charge in [-0.1, -0.05) is 6.07 Å². The molecular formula is C13H18ClF3N2OS. The van der Waals surface area contributed by atoms with E-state index in [4.69, 9.17) is 5.11 Å². The molecule has 8 heteroatoms. The van der Waals surface area contributed by atoms with Gasteiger partial charge in [-0.3, -0.25) is 4.90 Å². The Hall–Kier alpha value is -0.630. The second-order valence-corrected chi connectivity index (χ2v) is 5.74. The number of aliphatic hydroxyl groups is 1. The molecule has 0 aromatic heterocycles. The highest BCUT2D eigenvalue weighted by Gasteiger charge is 2.29. The van der Waals surface area contributed by atoms with Crippen molar-refractivity contribution in [3.05, 3.63) is 24.3 Å². The van der Waals surface area contributed by atoms with Crippen LogP contribution in [-0.4, -0.2) is 54.8 Å². The Kier molecular flexibility index (Phi) is 7.12. The summed E-state index contributed by atoms with van der Waals surface area (Å²) < 4.78 is 37.1. The molecule has 21 heavy (non-hydrogen) atoms. The molecule has 1 N–H and O–H groups in total. The van der Waals surface area contributed by atoms with Gasteiger partial charge in [0.15, 0.2) is 0 Å². The van der Waals surface area contributed by atoms with Crippen LogP contribution in [0.25, 0.3) is 0 Å². The number of aliphatic hydroxyl groups excluding tert-OH is 1. The molecule has 3 nitrogen and oxygen atoms in total. The second kappa shape index (κ2) is 8.12. The quantitative estimate of drug-likeness (QED) is 0.851. The normalized spacial score (nSPS) is 16.7. The number of rotatable bonds is 4. The molecular weight excluding hydrogens is 325 g/mol. The summed E-state index contributed by atoms with van der Waals surface area (Å²) in [5, 5.41) is 8.88. The maximum atomic E-state index is 12.4. The molecule has 1 aromatic carbocycles. The van der Waals surface area contributed by atoms with Gasteiger partial charge in [0, 0.05) is 43.3 Å². The van der Waals surface area contributed by atoms with Crippen LogP contribution < -0.4 is 4.90 Å². The number of nitrogens with zero attached hydrogens (tertiary/aromatic N) is 2. The van der Waals surface area contributed by atoms with Gasteiger partial charge in [-0.25, -0.2) is 0 Å². The molecule has 1 heterocycles. The summed E-state index contributed by atoms with van der Waals surface area (Å²) in [6.45, 7) is 3.95. The first-order valence-corrected chi connectivity index (χ1v) is 7.23. The molecule has 0 bridgehead atoms. The summed E-state index contributed by atoms with van der Waals surface area (Å²) in [5.74, 6) is 0. The molecule has 1 aromatic rings. The number of β-amino-alcohol motifs (C(OH)–C–C–N with tert-alkyl or cyclic N) is 1. The van der Waals surface area contributed by atoms with E-state index in [0.29, 0.717) is 6.54 Å². The average Bonchev–Trinajstić information content (AvgIpc) is 2.38. The lowest BCUT2D eigenvalue weighted by atomic mass is 10.2. The SMILES string of the molecule is Cl.OCCN1CCN(c2cccc(SC(F)(F)F)c2)CC1. The molecule has 0 radical (unpaired) electrons. The maximum Gasteiger partial charge on any atom is 0.446 e. The van der Waals surface area contributed by atoms with Gasteiger partial charge in [0.05, 0.1) is 6.61 Å². The van der Waals surface area contributed by atoms with Crippen molar-refractivity contribution in [1.82, 2.24) is 4.90 Å². The fourth-order valence-electron chi connectivity index (χ4n) is 2.25. The van der Waals surface area contributed by atoms with Crippen molar-refractivity contribution in [3.63, 3.8) is 0 Å². The minimum atomic E-state index is -4.25. The van der Waals surface area contributed by atoms with E-state index in [-0.39, 0.29) is 35.7 Å². The Morgan fingerprint density at radius 3 is 2.38 bits per heavy atom. The standard InChI is InChI=1S/C13H17F3N2OS.ClH/c14-13(15,16)20-12-3-1-2-11(10-12)18-6-4-17(5-7-18)8-9-19;/h1-3,10,19H,4-9H2;1H. The summed E-state index contributed by atoms with van der Waals surface area (Å²) in [6, 6.07) is 6.55. The Labute approximate surface area is 132 Å². The predicted molar refractivity (Wildman–Crippen MR) is 81.3 cm³/mol. The molecule has 0 spiro atoms. The molecule has 0 saturated carbocycles. The van der Waals surface area contributed by atoms with Crippen LogP contribution in [0.4, 0.5) is 18.9 Å². The van der Waals surface area contributed by atoms with E-state index in [1.54, 1.807) is 12.1 Å². The molecule has 120 valence electrons. The zero-order valence-electron chi connectivity index (χ0n) is 11.3.